The number of nitrogens with two attached hydrogens (primary N) is 1. The van der Waals surface area contributed by atoms with E-state index in [1.807, 2.05) is 4.90 Å². The number of hydrogen-bond acceptors (Lipinski definition) is 3. The normalized spacial score (nSPS) is 15.4. The predicted octanol–water partition coefficient (Wildman–Crippen LogP) is 2.59. The maximum Gasteiger partial charge on any atom is 0.241 e. The lowest BCUT2D eigenvalue weighted by atomic mass is 10.1. The summed E-state index contributed by atoms with van der Waals surface area (Å²) < 4.78 is 13.7. The number of carbonyl (C=O) groups excluding carboxylic acids is 1. The van der Waals surface area contributed by atoms with Crippen molar-refractivity contribution in [2.45, 2.75) is 19.3 Å². The second-order valence-corrected chi connectivity index (χ2v) is 5.50. The third-order valence-electron chi connectivity index (χ3n) is 3.23. The molecular weight excluding hydrogens is 313 g/mol. The maximum absolute atomic E-state index is 13.4. The number of nitrogens with zero attached hydrogens (tertiary/aromatic N) is 1. The first-order valence-electron chi connectivity index (χ1n) is 6.34. The van der Waals surface area contributed by atoms with E-state index >= 15 is 0 Å². The molecule has 0 radical (unpaired) electrons. The van der Waals surface area contributed by atoms with Crippen LogP contribution in [-0.2, 0) is 4.79 Å². The third kappa shape index (κ3) is 3.59. The summed E-state index contributed by atoms with van der Waals surface area (Å²) in [6.07, 6.45) is 3.30. The van der Waals surface area contributed by atoms with Gasteiger partial charge in [-0.3, -0.25) is 4.79 Å². The topological polar surface area (TPSA) is 58.4 Å². The third-order valence-corrected chi connectivity index (χ3v) is 3.84. The van der Waals surface area contributed by atoms with Gasteiger partial charge in [0.1, 0.15) is 5.82 Å². The molecule has 0 spiro atoms. The van der Waals surface area contributed by atoms with Gasteiger partial charge in [-0.15, -0.1) is 0 Å². The van der Waals surface area contributed by atoms with Crippen molar-refractivity contribution in [1.29, 1.82) is 0 Å². The van der Waals surface area contributed by atoms with E-state index in [2.05, 4.69) is 21.2 Å². The SMILES string of the molecule is Nc1cc(Br)c(F)cc1NCC(=O)N1CCCCC1. The summed E-state index contributed by atoms with van der Waals surface area (Å²) in [7, 11) is 0. The Morgan fingerprint density at radius 1 is 1.37 bits per heavy atom. The van der Waals surface area contributed by atoms with Gasteiger partial charge in [-0.2, -0.15) is 0 Å². The number of nitrogen functional groups attached to an aromatic ring is 1. The number of rotatable bonds is 3. The Kier molecular flexibility index (Phi) is 4.63. The van der Waals surface area contributed by atoms with Crippen molar-refractivity contribution in [2.75, 3.05) is 30.7 Å². The highest BCUT2D eigenvalue weighted by Gasteiger charge is 2.16. The number of carbonyl (C=O) groups is 1. The van der Waals surface area contributed by atoms with Gasteiger partial charge in [-0.1, -0.05) is 0 Å². The first kappa shape index (κ1) is 14.1. The highest BCUT2D eigenvalue weighted by Crippen LogP contribution is 2.26. The molecule has 1 amide bonds. The van der Waals surface area contributed by atoms with Crippen LogP contribution in [0.3, 0.4) is 0 Å². The number of likely N-dealkylation sites (tertiary alicyclic amines) is 1. The van der Waals surface area contributed by atoms with Gasteiger partial charge >= 0.3 is 0 Å². The molecule has 1 heterocycles. The second-order valence-electron chi connectivity index (χ2n) is 4.65. The Morgan fingerprint density at radius 3 is 2.74 bits per heavy atom. The zero-order valence-electron chi connectivity index (χ0n) is 10.6. The minimum Gasteiger partial charge on any atom is -0.397 e. The summed E-state index contributed by atoms with van der Waals surface area (Å²) in [5, 5.41) is 2.90. The van der Waals surface area contributed by atoms with E-state index < -0.39 is 5.82 Å². The summed E-state index contributed by atoms with van der Waals surface area (Å²) in [5.41, 5.74) is 6.64. The lowest BCUT2D eigenvalue weighted by Crippen LogP contribution is -2.39. The molecule has 2 rings (SSSR count). The first-order chi connectivity index (χ1) is 9.08. The summed E-state index contributed by atoms with van der Waals surface area (Å²) in [6, 6.07) is 2.78. The fraction of sp³-hybridized carbons (Fsp3) is 0.462. The molecule has 1 aromatic carbocycles. The lowest BCUT2D eigenvalue weighted by molar-refractivity contribution is -0.130. The monoisotopic (exact) mass is 329 g/mol. The van der Waals surface area contributed by atoms with Crippen LogP contribution in [0.5, 0.6) is 0 Å². The van der Waals surface area contributed by atoms with Gasteiger partial charge < -0.3 is 16.0 Å². The number of benzene rings is 1. The molecule has 4 nitrogen and oxygen atoms in total. The van der Waals surface area contributed by atoms with Gasteiger partial charge in [-0.05, 0) is 41.3 Å². The molecule has 3 N–H and O–H groups in total. The van der Waals surface area contributed by atoms with Crippen LogP contribution in [0, 0.1) is 5.82 Å². The Hall–Kier alpha value is -1.30. The van der Waals surface area contributed by atoms with Gasteiger partial charge in [0.15, 0.2) is 0 Å². The molecule has 6 heteroatoms. The molecule has 1 saturated heterocycles. The van der Waals surface area contributed by atoms with Crippen LogP contribution in [0.15, 0.2) is 16.6 Å². The Bertz CT molecular complexity index is 475. The van der Waals surface area contributed by atoms with Gasteiger partial charge in [0.25, 0.3) is 0 Å². The van der Waals surface area contributed by atoms with E-state index in [0.717, 1.165) is 25.9 Å². The molecule has 1 aliphatic rings. The highest BCUT2D eigenvalue weighted by molar-refractivity contribution is 9.10. The molecular formula is C13H17BrFN3O. The molecule has 0 aromatic heterocycles. The van der Waals surface area contributed by atoms with E-state index in [9.17, 15) is 9.18 Å². The van der Waals surface area contributed by atoms with E-state index in [1.54, 1.807) is 0 Å². The molecule has 0 aliphatic carbocycles. The van der Waals surface area contributed by atoms with Gasteiger partial charge in [0.2, 0.25) is 5.91 Å². The van der Waals surface area contributed by atoms with Gasteiger partial charge in [0, 0.05) is 19.2 Å². The molecule has 19 heavy (non-hydrogen) atoms. The number of amides is 1. The number of anilines is 2. The van der Waals surface area contributed by atoms with Gasteiger partial charge in [-0.25, -0.2) is 4.39 Å². The smallest absolute Gasteiger partial charge is 0.241 e. The van der Waals surface area contributed by atoms with Crippen LogP contribution >= 0.6 is 15.9 Å². The predicted molar refractivity (Wildman–Crippen MR) is 77.4 cm³/mol. The van der Waals surface area contributed by atoms with Crippen molar-refractivity contribution in [3.8, 4) is 0 Å². The van der Waals surface area contributed by atoms with E-state index in [1.165, 1.54) is 18.6 Å². The number of piperidine rings is 1. The number of hydrogen-bond donors (Lipinski definition) is 2. The minimum atomic E-state index is -0.401. The maximum atomic E-state index is 13.4. The van der Waals surface area contributed by atoms with Crippen LogP contribution < -0.4 is 11.1 Å². The molecule has 0 unspecified atom stereocenters. The Balaban J connectivity index is 1.94. The Morgan fingerprint density at radius 2 is 2.05 bits per heavy atom. The van der Waals surface area contributed by atoms with Crippen molar-refractivity contribution in [3.63, 3.8) is 0 Å². The summed E-state index contributed by atoms with van der Waals surface area (Å²) in [4.78, 5) is 13.8. The van der Waals surface area contributed by atoms with Crippen LogP contribution in [-0.4, -0.2) is 30.4 Å². The van der Waals surface area contributed by atoms with E-state index in [-0.39, 0.29) is 12.5 Å². The Labute approximate surface area is 120 Å². The summed E-state index contributed by atoms with van der Waals surface area (Å²) >= 11 is 3.06. The average molecular weight is 330 g/mol. The van der Waals surface area contributed by atoms with Crippen LogP contribution in [0.25, 0.3) is 0 Å². The second kappa shape index (κ2) is 6.23. The van der Waals surface area contributed by atoms with Crippen molar-refractivity contribution in [1.82, 2.24) is 4.90 Å². The van der Waals surface area contributed by atoms with Crippen LogP contribution in [0.1, 0.15) is 19.3 Å². The van der Waals surface area contributed by atoms with Crippen LogP contribution in [0.2, 0.25) is 0 Å². The largest absolute Gasteiger partial charge is 0.397 e. The van der Waals surface area contributed by atoms with E-state index in [4.69, 9.17) is 5.73 Å². The summed E-state index contributed by atoms with van der Waals surface area (Å²) in [6.45, 7) is 1.76. The molecule has 104 valence electrons. The summed E-state index contributed by atoms with van der Waals surface area (Å²) in [5.74, 6) is -0.371. The lowest BCUT2D eigenvalue weighted by Gasteiger charge is -2.27. The molecule has 1 aliphatic heterocycles. The van der Waals surface area contributed by atoms with Crippen molar-refractivity contribution in [3.05, 3.63) is 22.4 Å². The zero-order chi connectivity index (χ0) is 13.8. The average Bonchev–Trinajstić information content (AvgIpc) is 2.42. The highest BCUT2D eigenvalue weighted by atomic mass is 79.9. The number of nitrogens with one attached hydrogen (secondary N) is 1. The van der Waals surface area contributed by atoms with E-state index in [0.29, 0.717) is 15.8 Å². The standard InChI is InChI=1S/C13H17BrFN3O/c14-9-6-11(16)12(7-10(9)15)17-8-13(19)18-4-2-1-3-5-18/h6-7,17H,1-5,8,16H2. The molecule has 1 aromatic rings. The molecule has 0 atom stereocenters. The van der Waals surface area contributed by atoms with Crippen molar-refractivity contribution < 1.29 is 9.18 Å². The fourth-order valence-corrected chi connectivity index (χ4v) is 2.50. The molecule has 0 saturated carbocycles. The van der Waals surface area contributed by atoms with Crippen LogP contribution in [0.4, 0.5) is 15.8 Å². The van der Waals surface area contributed by atoms with Gasteiger partial charge in [0.05, 0.1) is 22.4 Å². The molecule has 1 fully saturated rings. The fourth-order valence-electron chi connectivity index (χ4n) is 2.14. The minimum absolute atomic E-state index is 0.0300. The quantitative estimate of drug-likeness (QED) is 0.838. The molecule has 0 bridgehead atoms. The van der Waals surface area contributed by atoms with Crippen molar-refractivity contribution in [2.24, 2.45) is 0 Å². The van der Waals surface area contributed by atoms with Crippen molar-refractivity contribution >= 4 is 33.2 Å². The first-order valence-corrected chi connectivity index (χ1v) is 7.13. The number of halogens is 2. The zero-order valence-corrected chi connectivity index (χ0v) is 12.2.